The van der Waals surface area contributed by atoms with Crippen LogP contribution in [0.4, 0.5) is 4.79 Å². The van der Waals surface area contributed by atoms with Gasteiger partial charge in [-0.15, -0.1) is 11.3 Å². The molecule has 0 saturated carbocycles. The van der Waals surface area contributed by atoms with Crippen LogP contribution in [0.25, 0.3) is 0 Å². The first-order chi connectivity index (χ1) is 10.1. The molecule has 0 radical (unpaired) electrons. The van der Waals surface area contributed by atoms with Crippen molar-refractivity contribution >= 4 is 40.6 Å². The molecular formula is C15H24Cl2N2O2S. The number of thiophene rings is 1. The van der Waals surface area contributed by atoms with E-state index in [2.05, 4.69) is 5.32 Å². The van der Waals surface area contributed by atoms with Crippen LogP contribution < -0.4 is 5.32 Å². The Morgan fingerprint density at radius 1 is 1.45 bits per heavy atom. The van der Waals surface area contributed by atoms with E-state index in [0.29, 0.717) is 28.3 Å². The number of rotatable bonds is 6. The fourth-order valence-corrected chi connectivity index (χ4v) is 3.52. The van der Waals surface area contributed by atoms with Crippen molar-refractivity contribution in [3.8, 4) is 0 Å². The summed E-state index contributed by atoms with van der Waals surface area (Å²) in [6.45, 7) is 11.4. The van der Waals surface area contributed by atoms with Gasteiger partial charge in [-0.2, -0.15) is 0 Å². The van der Waals surface area contributed by atoms with Crippen LogP contribution in [-0.4, -0.2) is 36.2 Å². The van der Waals surface area contributed by atoms with Crippen molar-refractivity contribution in [2.75, 3.05) is 19.6 Å². The molecule has 1 amide bonds. The van der Waals surface area contributed by atoms with E-state index in [9.17, 15) is 4.79 Å². The van der Waals surface area contributed by atoms with Crippen molar-refractivity contribution in [2.45, 2.75) is 46.3 Å². The third-order valence-electron chi connectivity index (χ3n) is 3.02. The number of halogens is 2. The van der Waals surface area contributed by atoms with Gasteiger partial charge in [-0.25, -0.2) is 4.79 Å². The average Bonchev–Trinajstić information content (AvgIpc) is 2.71. The minimum absolute atomic E-state index is 0.0774. The summed E-state index contributed by atoms with van der Waals surface area (Å²) in [4.78, 5) is 13.7. The highest BCUT2D eigenvalue weighted by atomic mass is 35.5. The Kier molecular flexibility index (Phi) is 7.46. The second kappa shape index (κ2) is 8.39. The highest BCUT2D eigenvalue weighted by molar-refractivity contribution is 7.20. The molecule has 1 atom stereocenters. The molecule has 0 aliphatic heterocycles. The van der Waals surface area contributed by atoms with Gasteiger partial charge in [-0.1, -0.05) is 23.2 Å². The van der Waals surface area contributed by atoms with E-state index >= 15 is 0 Å². The van der Waals surface area contributed by atoms with Crippen LogP contribution in [-0.2, 0) is 4.74 Å². The maximum atomic E-state index is 12.0. The Labute approximate surface area is 146 Å². The largest absolute Gasteiger partial charge is 0.444 e. The van der Waals surface area contributed by atoms with Crippen LogP contribution >= 0.6 is 34.5 Å². The van der Waals surface area contributed by atoms with E-state index in [4.69, 9.17) is 27.9 Å². The third kappa shape index (κ3) is 6.32. The third-order valence-corrected chi connectivity index (χ3v) is 4.53. The molecule has 1 N–H and O–H groups in total. The number of amides is 1. The topological polar surface area (TPSA) is 41.6 Å². The van der Waals surface area contributed by atoms with Crippen molar-refractivity contribution in [1.82, 2.24) is 10.2 Å². The summed E-state index contributed by atoms with van der Waals surface area (Å²) in [7, 11) is 0. The van der Waals surface area contributed by atoms with Gasteiger partial charge >= 0.3 is 6.09 Å². The monoisotopic (exact) mass is 366 g/mol. The number of ether oxygens (including phenoxy) is 1. The van der Waals surface area contributed by atoms with Gasteiger partial charge in [0.25, 0.3) is 0 Å². The number of carbonyl (C=O) groups is 1. The second-order valence-corrected chi connectivity index (χ2v) is 8.30. The molecule has 22 heavy (non-hydrogen) atoms. The summed E-state index contributed by atoms with van der Waals surface area (Å²) < 4.78 is 6.75. The summed E-state index contributed by atoms with van der Waals surface area (Å²) in [5.74, 6) is 0. The molecule has 0 spiro atoms. The molecule has 1 unspecified atom stereocenters. The second-order valence-electron chi connectivity index (χ2n) is 6.02. The van der Waals surface area contributed by atoms with Gasteiger partial charge in [0.2, 0.25) is 0 Å². The Balaban J connectivity index is 2.47. The summed E-state index contributed by atoms with van der Waals surface area (Å²) in [5.41, 5.74) is 0.503. The van der Waals surface area contributed by atoms with E-state index < -0.39 is 5.60 Å². The predicted molar refractivity (Wildman–Crippen MR) is 94.2 cm³/mol. The van der Waals surface area contributed by atoms with Crippen LogP contribution in [0.1, 0.15) is 46.2 Å². The van der Waals surface area contributed by atoms with Crippen LogP contribution in [0.2, 0.25) is 8.67 Å². The SMILES string of the molecule is CCN(CCNC(C)c1cc(Cl)sc1Cl)C(=O)OC(C)(C)C. The van der Waals surface area contributed by atoms with Gasteiger partial charge in [-0.3, -0.25) is 0 Å². The predicted octanol–water partition coefficient (Wildman–Crippen LogP) is 4.96. The molecule has 0 saturated heterocycles. The molecule has 0 aliphatic carbocycles. The van der Waals surface area contributed by atoms with Gasteiger partial charge in [0.15, 0.2) is 0 Å². The number of hydrogen-bond acceptors (Lipinski definition) is 4. The molecule has 1 heterocycles. The first-order valence-electron chi connectivity index (χ1n) is 7.30. The number of hydrogen-bond donors (Lipinski definition) is 1. The molecule has 0 fully saturated rings. The molecule has 4 nitrogen and oxygen atoms in total. The highest BCUT2D eigenvalue weighted by Crippen LogP contribution is 2.34. The standard InChI is InChI=1S/C15H24Cl2N2O2S/c1-6-19(14(20)21-15(3,4)5)8-7-18-10(2)11-9-12(16)22-13(11)17/h9-10,18H,6-8H2,1-5H3. The summed E-state index contributed by atoms with van der Waals surface area (Å²) >= 11 is 13.5. The normalized spacial score (nSPS) is 13.0. The van der Waals surface area contributed by atoms with Gasteiger partial charge in [0, 0.05) is 25.7 Å². The molecule has 0 bridgehead atoms. The number of nitrogens with one attached hydrogen (secondary N) is 1. The van der Waals surface area contributed by atoms with Crippen LogP contribution in [0.5, 0.6) is 0 Å². The minimum Gasteiger partial charge on any atom is -0.444 e. The fraction of sp³-hybridized carbons (Fsp3) is 0.667. The van der Waals surface area contributed by atoms with Crippen molar-refractivity contribution in [3.05, 3.63) is 20.3 Å². The number of nitrogens with zero attached hydrogens (tertiary/aromatic N) is 1. The Hall–Kier alpha value is -0.490. The van der Waals surface area contributed by atoms with Crippen molar-refractivity contribution < 1.29 is 9.53 Å². The lowest BCUT2D eigenvalue weighted by molar-refractivity contribution is 0.0261. The molecular weight excluding hydrogens is 343 g/mol. The van der Waals surface area contributed by atoms with E-state index in [0.717, 1.165) is 5.56 Å². The van der Waals surface area contributed by atoms with Gasteiger partial charge in [-0.05, 0) is 46.2 Å². The Morgan fingerprint density at radius 2 is 2.09 bits per heavy atom. The fourth-order valence-electron chi connectivity index (χ4n) is 1.88. The lowest BCUT2D eigenvalue weighted by atomic mass is 10.2. The minimum atomic E-state index is -0.480. The lowest BCUT2D eigenvalue weighted by Gasteiger charge is -2.27. The molecule has 126 valence electrons. The van der Waals surface area contributed by atoms with Gasteiger partial charge < -0.3 is 15.0 Å². The summed E-state index contributed by atoms with van der Waals surface area (Å²) in [5, 5.41) is 3.35. The molecule has 0 aromatic carbocycles. The molecule has 0 aliphatic rings. The number of likely N-dealkylation sites (N-methyl/N-ethyl adjacent to an activating group) is 1. The van der Waals surface area contributed by atoms with Gasteiger partial charge in [0.1, 0.15) is 5.60 Å². The van der Waals surface area contributed by atoms with E-state index in [-0.39, 0.29) is 12.1 Å². The van der Waals surface area contributed by atoms with Crippen molar-refractivity contribution in [3.63, 3.8) is 0 Å². The van der Waals surface area contributed by atoms with E-state index in [1.807, 2.05) is 40.7 Å². The molecule has 1 aromatic heterocycles. The summed E-state index contributed by atoms with van der Waals surface area (Å²) in [6, 6.07) is 1.95. The van der Waals surface area contributed by atoms with E-state index in [1.165, 1.54) is 11.3 Å². The summed E-state index contributed by atoms with van der Waals surface area (Å²) in [6.07, 6.45) is -0.291. The Bertz CT molecular complexity index is 500. The Morgan fingerprint density at radius 3 is 2.55 bits per heavy atom. The first kappa shape index (κ1) is 19.6. The zero-order valence-electron chi connectivity index (χ0n) is 13.7. The average molecular weight is 367 g/mol. The maximum absolute atomic E-state index is 12.0. The number of carbonyl (C=O) groups excluding carboxylic acids is 1. The van der Waals surface area contributed by atoms with Crippen LogP contribution in [0, 0.1) is 0 Å². The van der Waals surface area contributed by atoms with Crippen LogP contribution in [0.3, 0.4) is 0 Å². The zero-order chi connectivity index (χ0) is 16.9. The molecule has 1 rings (SSSR count). The zero-order valence-corrected chi connectivity index (χ0v) is 16.0. The van der Waals surface area contributed by atoms with Crippen LogP contribution in [0.15, 0.2) is 6.07 Å². The van der Waals surface area contributed by atoms with E-state index in [1.54, 1.807) is 4.90 Å². The quantitative estimate of drug-likeness (QED) is 0.772. The lowest BCUT2D eigenvalue weighted by Crippen LogP contribution is -2.40. The highest BCUT2D eigenvalue weighted by Gasteiger charge is 2.21. The molecule has 7 heteroatoms. The molecule has 1 aromatic rings. The smallest absolute Gasteiger partial charge is 0.410 e. The van der Waals surface area contributed by atoms with Gasteiger partial charge in [0.05, 0.1) is 8.67 Å². The first-order valence-corrected chi connectivity index (χ1v) is 8.87. The van der Waals surface area contributed by atoms with Crippen molar-refractivity contribution in [1.29, 1.82) is 0 Å². The van der Waals surface area contributed by atoms with Crippen molar-refractivity contribution in [2.24, 2.45) is 0 Å². The maximum Gasteiger partial charge on any atom is 0.410 e.